The minimum Gasteiger partial charge on any atom is -0.379 e. The van der Waals surface area contributed by atoms with Crippen LogP contribution in [0.25, 0.3) is 11.0 Å². The summed E-state index contributed by atoms with van der Waals surface area (Å²) >= 11 is 5.92. The van der Waals surface area contributed by atoms with Gasteiger partial charge in [-0.2, -0.15) is 0 Å². The molecule has 1 aromatic carbocycles. The molecule has 3 rings (SSSR count). The van der Waals surface area contributed by atoms with Crippen LogP contribution in [0.4, 0.5) is 8.78 Å². The highest BCUT2D eigenvalue weighted by atomic mass is 35.5. The van der Waals surface area contributed by atoms with Crippen LogP contribution >= 0.6 is 11.6 Å². The molecule has 0 N–H and O–H groups in total. The fourth-order valence-corrected chi connectivity index (χ4v) is 3.30. The van der Waals surface area contributed by atoms with E-state index >= 15 is 0 Å². The van der Waals surface area contributed by atoms with Crippen LogP contribution in [0.3, 0.4) is 0 Å². The topological polar surface area (TPSA) is 27.1 Å². The van der Waals surface area contributed by atoms with E-state index in [2.05, 4.69) is 4.98 Å². The van der Waals surface area contributed by atoms with E-state index in [4.69, 9.17) is 16.3 Å². The minimum atomic E-state index is -0.655. The Morgan fingerprint density at radius 2 is 2.20 bits per heavy atom. The van der Waals surface area contributed by atoms with Gasteiger partial charge in [0.2, 0.25) is 0 Å². The lowest BCUT2D eigenvalue weighted by molar-refractivity contribution is 0.0754. The monoisotopic (exact) mass is 300 g/mol. The van der Waals surface area contributed by atoms with Crippen molar-refractivity contribution in [3.8, 4) is 0 Å². The number of fused-ring (bicyclic) bond motifs is 1. The van der Waals surface area contributed by atoms with Crippen LogP contribution in [0.5, 0.6) is 0 Å². The average molecular weight is 301 g/mol. The van der Waals surface area contributed by atoms with Gasteiger partial charge in [0, 0.05) is 13.2 Å². The lowest BCUT2D eigenvalue weighted by Crippen LogP contribution is -2.22. The average Bonchev–Trinajstić information content (AvgIpc) is 3.01. The first-order valence-corrected chi connectivity index (χ1v) is 7.13. The maximum absolute atomic E-state index is 13.9. The van der Waals surface area contributed by atoms with Crippen LogP contribution < -0.4 is 0 Å². The Morgan fingerprint density at radius 1 is 1.40 bits per heavy atom. The van der Waals surface area contributed by atoms with Crippen molar-refractivity contribution in [1.82, 2.24) is 9.55 Å². The number of aromatic nitrogens is 2. The lowest BCUT2D eigenvalue weighted by Gasteiger charge is -2.22. The number of ether oxygens (including phenoxy) is 1. The summed E-state index contributed by atoms with van der Waals surface area (Å²) in [5.74, 6) is -0.552. The Labute approximate surface area is 120 Å². The molecule has 0 spiro atoms. The van der Waals surface area contributed by atoms with E-state index in [0.29, 0.717) is 11.3 Å². The number of hydrogen-bond donors (Lipinski definition) is 0. The summed E-state index contributed by atoms with van der Waals surface area (Å²) in [6.07, 6.45) is 2.87. The van der Waals surface area contributed by atoms with E-state index in [9.17, 15) is 8.78 Å². The predicted octanol–water partition coefficient (Wildman–Crippen LogP) is 3.79. The Hall–Kier alpha value is -1.20. The molecule has 2 aromatic rings. The number of rotatable bonds is 3. The molecule has 2 atom stereocenters. The number of benzene rings is 1. The van der Waals surface area contributed by atoms with Crippen molar-refractivity contribution in [2.24, 2.45) is 0 Å². The van der Waals surface area contributed by atoms with Gasteiger partial charge < -0.3 is 9.30 Å². The van der Waals surface area contributed by atoms with Gasteiger partial charge in [-0.25, -0.2) is 13.8 Å². The summed E-state index contributed by atoms with van der Waals surface area (Å²) in [5.41, 5.74) is 0.621. The summed E-state index contributed by atoms with van der Waals surface area (Å²) in [7, 11) is 1.66. The van der Waals surface area contributed by atoms with Gasteiger partial charge in [0.1, 0.15) is 17.2 Å². The predicted molar refractivity (Wildman–Crippen MR) is 72.9 cm³/mol. The summed E-state index contributed by atoms with van der Waals surface area (Å²) in [6, 6.07) is 2.19. The van der Waals surface area contributed by atoms with Gasteiger partial charge in [0.25, 0.3) is 0 Å². The van der Waals surface area contributed by atoms with Crippen LogP contribution in [-0.2, 0) is 10.6 Å². The van der Waals surface area contributed by atoms with Crippen LogP contribution in [0.15, 0.2) is 12.1 Å². The Morgan fingerprint density at radius 3 is 2.90 bits per heavy atom. The Kier molecular flexibility index (Phi) is 3.65. The second-order valence-corrected chi connectivity index (χ2v) is 5.33. The molecule has 1 aliphatic rings. The molecule has 0 saturated heterocycles. The highest BCUT2D eigenvalue weighted by Gasteiger charge is 2.32. The van der Waals surface area contributed by atoms with Gasteiger partial charge >= 0.3 is 0 Å². The smallest absolute Gasteiger partial charge is 0.153 e. The van der Waals surface area contributed by atoms with Crippen molar-refractivity contribution in [1.29, 1.82) is 0 Å². The zero-order valence-electron chi connectivity index (χ0n) is 11.1. The third-order valence-corrected chi connectivity index (χ3v) is 4.20. The Balaban J connectivity index is 2.22. The second-order valence-electron chi connectivity index (χ2n) is 5.06. The van der Waals surface area contributed by atoms with Crippen LogP contribution in [0.2, 0.25) is 0 Å². The quantitative estimate of drug-likeness (QED) is 0.806. The van der Waals surface area contributed by atoms with Gasteiger partial charge in [-0.15, -0.1) is 11.6 Å². The number of imidazole rings is 1. The van der Waals surface area contributed by atoms with E-state index < -0.39 is 11.6 Å². The minimum absolute atomic E-state index is 0.0277. The number of nitrogens with zero attached hydrogens (tertiary/aromatic N) is 2. The third-order valence-electron chi connectivity index (χ3n) is 3.96. The summed E-state index contributed by atoms with van der Waals surface area (Å²) in [5, 5.41) is 0. The molecule has 1 saturated carbocycles. The van der Waals surface area contributed by atoms with Gasteiger partial charge in [0.05, 0.1) is 23.5 Å². The Bertz CT molecular complexity index is 644. The van der Waals surface area contributed by atoms with Crippen molar-refractivity contribution in [2.75, 3.05) is 7.11 Å². The van der Waals surface area contributed by atoms with Gasteiger partial charge in [0.15, 0.2) is 5.82 Å². The van der Waals surface area contributed by atoms with E-state index in [1.807, 2.05) is 4.57 Å². The molecule has 3 nitrogen and oxygen atoms in total. The number of alkyl halides is 1. The molecular formula is C14H15ClF2N2O. The largest absolute Gasteiger partial charge is 0.379 e. The fraction of sp³-hybridized carbons (Fsp3) is 0.500. The number of halogens is 3. The third kappa shape index (κ3) is 2.09. The SMILES string of the molecule is COC1CCCC1n1c(CCl)nc2c(F)cc(F)cc21. The maximum atomic E-state index is 13.9. The van der Waals surface area contributed by atoms with Crippen LogP contribution in [0.1, 0.15) is 31.1 Å². The molecule has 1 aliphatic carbocycles. The number of methoxy groups -OCH3 is 1. The van der Waals surface area contributed by atoms with Crippen molar-refractivity contribution in [3.63, 3.8) is 0 Å². The molecule has 0 radical (unpaired) electrons. The molecule has 1 aromatic heterocycles. The van der Waals surface area contributed by atoms with Gasteiger partial charge in [-0.1, -0.05) is 0 Å². The summed E-state index contributed by atoms with van der Waals surface area (Å²) in [6.45, 7) is 0. The van der Waals surface area contributed by atoms with Crippen molar-refractivity contribution in [2.45, 2.75) is 37.3 Å². The van der Waals surface area contributed by atoms with E-state index in [1.54, 1.807) is 7.11 Å². The second kappa shape index (κ2) is 5.30. The zero-order valence-corrected chi connectivity index (χ0v) is 11.8. The summed E-state index contributed by atoms with van der Waals surface area (Å²) < 4.78 is 34.7. The van der Waals surface area contributed by atoms with E-state index in [0.717, 1.165) is 25.3 Å². The molecule has 0 bridgehead atoms. The molecule has 108 valence electrons. The molecular weight excluding hydrogens is 286 g/mol. The van der Waals surface area contributed by atoms with Crippen molar-refractivity contribution in [3.05, 3.63) is 29.6 Å². The molecule has 20 heavy (non-hydrogen) atoms. The van der Waals surface area contributed by atoms with Crippen LogP contribution in [0, 0.1) is 11.6 Å². The molecule has 6 heteroatoms. The highest BCUT2D eigenvalue weighted by Crippen LogP contribution is 2.36. The van der Waals surface area contributed by atoms with Gasteiger partial charge in [-0.05, 0) is 25.3 Å². The first-order valence-electron chi connectivity index (χ1n) is 6.60. The standard InChI is InChI=1S/C14H15ClF2N2O/c1-20-12-4-2-3-10(12)19-11-6-8(16)5-9(17)14(11)18-13(19)7-15/h5-6,10,12H,2-4,7H2,1H3. The summed E-state index contributed by atoms with van der Waals surface area (Å²) in [4.78, 5) is 4.22. The van der Waals surface area contributed by atoms with E-state index in [1.165, 1.54) is 6.07 Å². The zero-order chi connectivity index (χ0) is 14.3. The normalized spacial score (nSPS) is 22.8. The highest BCUT2D eigenvalue weighted by molar-refractivity contribution is 6.16. The fourth-order valence-electron chi connectivity index (χ4n) is 3.11. The molecule has 1 heterocycles. The lowest BCUT2D eigenvalue weighted by atomic mass is 10.2. The first-order chi connectivity index (χ1) is 9.65. The van der Waals surface area contributed by atoms with Gasteiger partial charge in [-0.3, -0.25) is 0 Å². The molecule has 0 amide bonds. The molecule has 1 fully saturated rings. The maximum Gasteiger partial charge on any atom is 0.153 e. The van der Waals surface area contributed by atoms with E-state index in [-0.39, 0.29) is 23.5 Å². The number of hydrogen-bond acceptors (Lipinski definition) is 2. The van der Waals surface area contributed by atoms with Crippen LogP contribution in [-0.4, -0.2) is 22.8 Å². The molecule has 0 aliphatic heterocycles. The first kappa shape index (κ1) is 13.8. The molecule has 2 unspecified atom stereocenters. The van der Waals surface area contributed by atoms with Crippen molar-refractivity contribution < 1.29 is 13.5 Å². The van der Waals surface area contributed by atoms with Crippen molar-refractivity contribution >= 4 is 22.6 Å².